The number of carbonyl (C=O) groups excluding carboxylic acids is 15. The molecule has 15 amide bonds. The van der Waals surface area contributed by atoms with Crippen molar-refractivity contribution in [2.75, 3.05) is 45.9 Å². The number of aromatic amines is 1. The fraction of sp³-hybridized carbons (Fsp3) is 0.577. The van der Waals surface area contributed by atoms with E-state index >= 15 is 4.79 Å². The number of aromatic nitrogens is 1. The number of nitrogens with two attached hydrogens (primary N) is 2. The number of nitrogens with one attached hydrogen (secondary N) is 15. The number of nitrogens with zero attached hydrogens (tertiary/aromatic N) is 1. The van der Waals surface area contributed by atoms with Crippen LogP contribution in [0.5, 0.6) is 0 Å². The lowest BCUT2D eigenvalue weighted by molar-refractivity contribution is -0.140. The highest BCUT2D eigenvalue weighted by atomic mass is 16.4. The SMILES string of the molecule is CC(C)C[C@H](NC(=O)[C@H](CC(C)C)NC(=O)[C@H](Cc1c[nH]c2ccccc12)NC(=O)[C@H](CCC(=O)O)NC(=O)[C@@H](NC(=O)[C@H](Cc1ccccc1)NC(=O)[C@H](CCC(=O)O)NC(=O)[C@H](CCCCN)NC(=O)[C@H](C)N)C(C)C)C(=O)N[C@@H](CCC(=O)O)C(=O)NCC(=O)NCC(=O)N1CCC[C@H]1C(=O)N[C@@H](CO)C(=O)N[C@@H](CO)C(=O)NCC(=O)O. The van der Waals surface area contributed by atoms with Gasteiger partial charge in [0.05, 0.1) is 32.3 Å². The van der Waals surface area contributed by atoms with E-state index in [-0.39, 0.29) is 64.0 Å². The highest BCUT2D eigenvalue weighted by Crippen LogP contribution is 2.22. The van der Waals surface area contributed by atoms with Crippen molar-refractivity contribution in [1.82, 2.24) is 84.3 Å². The van der Waals surface area contributed by atoms with Crippen molar-refractivity contribution in [3.63, 3.8) is 0 Å². The Kier molecular flexibility index (Phi) is 42.8. The van der Waals surface area contributed by atoms with Gasteiger partial charge in [-0.2, -0.15) is 0 Å². The number of carbonyl (C=O) groups is 19. The van der Waals surface area contributed by atoms with E-state index in [1.165, 1.54) is 20.8 Å². The minimum absolute atomic E-state index is 0.0130. The van der Waals surface area contributed by atoms with Crippen LogP contribution in [0.25, 0.3) is 10.9 Å². The fourth-order valence-corrected chi connectivity index (χ4v) is 12.7. The molecule has 25 N–H and O–H groups in total. The Morgan fingerprint density at radius 3 is 1.36 bits per heavy atom. The predicted octanol–water partition coefficient (Wildman–Crippen LogP) is -5.49. The highest BCUT2D eigenvalue weighted by Gasteiger charge is 2.40. The molecule has 1 aliphatic heterocycles. The maximum Gasteiger partial charge on any atom is 0.322 e. The number of carboxylic acids is 4. The topological polar surface area (TPSA) is 685 Å². The third kappa shape index (κ3) is 35.3. The van der Waals surface area contributed by atoms with Crippen LogP contribution in [-0.2, 0) is 104 Å². The molecule has 668 valence electrons. The Morgan fingerprint density at radius 2 is 0.860 bits per heavy atom. The number of hydrogen-bond donors (Lipinski definition) is 23. The maximum absolute atomic E-state index is 15.1. The Balaban J connectivity index is 1.58. The van der Waals surface area contributed by atoms with E-state index in [1.54, 1.807) is 88.5 Å². The number of aliphatic carboxylic acids is 4. The van der Waals surface area contributed by atoms with E-state index in [4.69, 9.17) is 16.6 Å². The monoisotopic (exact) mass is 1700 g/mol. The lowest BCUT2D eigenvalue weighted by atomic mass is 9.98. The molecule has 0 spiro atoms. The summed E-state index contributed by atoms with van der Waals surface area (Å²) in [4.78, 5) is 260. The van der Waals surface area contributed by atoms with Crippen molar-refractivity contribution in [2.45, 2.75) is 223 Å². The van der Waals surface area contributed by atoms with Gasteiger partial charge in [-0.25, -0.2) is 0 Å². The zero-order chi connectivity index (χ0) is 90.3. The van der Waals surface area contributed by atoms with E-state index in [2.05, 4.69) is 74.1 Å². The van der Waals surface area contributed by atoms with Crippen molar-refractivity contribution < 1.29 is 122 Å². The van der Waals surface area contributed by atoms with Gasteiger partial charge in [0.15, 0.2) is 0 Å². The first-order valence-corrected chi connectivity index (χ1v) is 39.8. The van der Waals surface area contributed by atoms with Crippen LogP contribution in [0.2, 0.25) is 0 Å². The number of aliphatic hydroxyl groups is 2. The summed E-state index contributed by atoms with van der Waals surface area (Å²) in [5, 5.41) is 92.3. The molecule has 0 unspecified atom stereocenters. The molecule has 43 nitrogen and oxygen atoms in total. The van der Waals surface area contributed by atoms with E-state index < -0.39 is 274 Å². The summed E-state index contributed by atoms with van der Waals surface area (Å²) in [6.45, 7) is 6.95. The molecule has 1 aliphatic rings. The largest absolute Gasteiger partial charge is 0.481 e. The van der Waals surface area contributed by atoms with Crippen molar-refractivity contribution in [3.8, 4) is 0 Å². The number of aliphatic hydroxyl groups excluding tert-OH is 2. The number of rotatable bonds is 54. The number of unbranched alkanes of at least 4 members (excludes halogenated alkanes) is 1. The van der Waals surface area contributed by atoms with Gasteiger partial charge in [0.2, 0.25) is 88.6 Å². The van der Waals surface area contributed by atoms with Crippen LogP contribution in [0.4, 0.5) is 0 Å². The maximum atomic E-state index is 15.1. The Hall–Kier alpha value is -12.2. The lowest BCUT2D eigenvalue weighted by Crippen LogP contribution is -2.61. The Morgan fingerprint density at radius 1 is 0.438 bits per heavy atom. The second-order valence-corrected chi connectivity index (χ2v) is 30.4. The molecular formula is C78H116N18O25. The first kappa shape index (κ1) is 101. The molecule has 43 heteroatoms. The summed E-state index contributed by atoms with van der Waals surface area (Å²) in [6, 6.07) is -4.81. The number of benzene rings is 2. The number of hydrogen-bond acceptors (Lipinski definition) is 23. The molecule has 1 saturated heterocycles. The molecular weight excluding hydrogens is 1590 g/mol. The molecule has 1 aromatic heterocycles. The van der Waals surface area contributed by atoms with Gasteiger partial charge in [0.1, 0.15) is 79.0 Å². The molecule has 4 rings (SSSR count). The number of likely N-dealkylation sites (tertiary alicyclic amines) is 1. The van der Waals surface area contributed by atoms with Crippen LogP contribution in [0.3, 0.4) is 0 Å². The summed E-state index contributed by atoms with van der Waals surface area (Å²) in [7, 11) is 0. The standard InChI is InChI=1S/C78H116N18O25/c1-40(2)30-52(72(115)86-49(22-25-61(101)102)67(110)83-35-59(99)82-36-60(100)96-29-15-21-58(96)77(120)94-57(39-98)76(119)93-56(38-97)68(111)84-37-64(107)108)89-73(116)53(31-41(3)4)90-74(117)55(33-45-34-81-47-19-12-11-18-46(45)47)92-71(114)51(24-27-63(105)106)88-78(121)65(42(5)6)95-75(118)54(32-44-16-9-8-10-17-44)91-70(113)50(23-26-62(103)104)87-69(112)48(20-13-14-28-79)85-66(109)43(7)80/h8-12,16-19,34,40-43,48-58,65,81,97-98H,13-15,20-33,35-39,79-80H2,1-7H3,(H,82,99)(H,83,110)(H,84,111)(H,85,109)(H,86,115)(H,87,112)(H,88,121)(H,89,116)(H,90,117)(H,91,113)(H,92,114)(H,93,119)(H,94,120)(H,95,118)(H,101,102)(H,103,104)(H,105,106)(H,107,108)/t43-,48-,49-,50-,51-,52-,53-,54-,55-,56-,57-,58-,65-/m0/s1. The van der Waals surface area contributed by atoms with Gasteiger partial charge in [-0.3, -0.25) is 91.1 Å². The molecule has 0 saturated carbocycles. The van der Waals surface area contributed by atoms with Crippen LogP contribution < -0.4 is 85.9 Å². The first-order chi connectivity index (χ1) is 57.2. The van der Waals surface area contributed by atoms with Crippen LogP contribution in [0.15, 0.2) is 60.8 Å². The molecule has 0 radical (unpaired) electrons. The summed E-state index contributed by atoms with van der Waals surface area (Å²) in [5.41, 5.74) is 13.0. The highest BCUT2D eigenvalue weighted by molar-refractivity contribution is 6.01. The van der Waals surface area contributed by atoms with Crippen molar-refractivity contribution in [2.24, 2.45) is 29.2 Å². The van der Waals surface area contributed by atoms with Gasteiger partial charge >= 0.3 is 23.9 Å². The minimum Gasteiger partial charge on any atom is -0.481 e. The molecule has 121 heavy (non-hydrogen) atoms. The Bertz CT molecular complexity index is 4100. The minimum atomic E-state index is -1.79. The average molecular weight is 1710 g/mol. The van der Waals surface area contributed by atoms with E-state index in [1.807, 2.05) is 5.32 Å². The Labute approximate surface area is 697 Å². The number of fused-ring (bicyclic) bond motifs is 1. The summed E-state index contributed by atoms with van der Waals surface area (Å²) in [6.07, 6.45) is -1.90. The average Bonchev–Trinajstić information content (AvgIpc) is 1.50. The second kappa shape index (κ2) is 51.3. The molecule has 0 aliphatic carbocycles. The third-order valence-corrected chi connectivity index (χ3v) is 19.2. The summed E-state index contributed by atoms with van der Waals surface area (Å²) in [5.74, 6) is -22.0. The number of para-hydroxylation sites is 1. The molecule has 3 aromatic rings. The van der Waals surface area contributed by atoms with Crippen molar-refractivity contribution >= 4 is 123 Å². The van der Waals surface area contributed by atoms with Crippen LogP contribution in [0.1, 0.15) is 143 Å². The number of amides is 15. The number of H-pyrrole nitrogens is 1. The van der Waals surface area contributed by atoms with Crippen LogP contribution >= 0.6 is 0 Å². The van der Waals surface area contributed by atoms with E-state index in [0.717, 1.165) is 4.90 Å². The smallest absolute Gasteiger partial charge is 0.322 e. The first-order valence-electron chi connectivity index (χ1n) is 39.8. The molecule has 1 fully saturated rings. The zero-order valence-electron chi connectivity index (χ0n) is 68.6. The molecule has 0 bridgehead atoms. The second-order valence-electron chi connectivity index (χ2n) is 30.4. The van der Waals surface area contributed by atoms with Crippen molar-refractivity contribution in [3.05, 3.63) is 71.9 Å². The molecule has 2 aromatic carbocycles. The normalized spacial score (nSPS) is 15.4. The van der Waals surface area contributed by atoms with Gasteiger partial charge in [0, 0.05) is 55.7 Å². The van der Waals surface area contributed by atoms with Crippen LogP contribution in [0, 0.1) is 17.8 Å². The zero-order valence-corrected chi connectivity index (χ0v) is 68.6. The van der Waals surface area contributed by atoms with Crippen molar-refractivity contribution in [1.29, 1.82) is 0 Å². The lowest BCUT2D eigenvalue weighted by Gasteiger charge is -2.29. The predicted molar refractivity (Wildman–Crippen MR) is 430 cm³/mol. The van der Waals surface area contributed by atoms with E-state index in [9.17, 15) is 112 Å². The van der Waals surface area contributed by atoms with Crippen LogP contribution in [-0.4, -0.2) is 277 Å². The van der Waals surface area contributed by atoms with Gasteiger partial charge < -0.3 is 126 Å². The number of carboxylic acid groups (broad SMARTS) is 4. The van der Waals surface area contributed by atoms with Gasteiger partial charge in [-0.05, 0) is 113 Å². The molecule has 13 atom stereocenters. The van der Waals surface area contributed by atoms with Gasteiger partial charge in [0.25, 0.3) is 0 Å². The summed E-state index contributed by atoms with van der Waals surface area (Å²) < 4.78 is 0. The van der Waals surface area contributed by atoms with E-state index in [0.29, 0.717) is 34.9 Å². The molecule has 2 heterocycles. The van der Waals surface area contributed by atoms with Gasteiger partial charge in [-0.15, -0.1) is 0 Å². The summed E-state index contributed by atoms with van der Waals surface area (Å²) >= 11 is 0. The van der Waals surface area contributed by atoms with Gasteiger partial charge in [-0.1, -0.05) is 90.1 Å². The third-order valence-electron chi connectivity index (χ3n) is 19.2. The fourth-order valence-electron chi connectivity index (χ4n) is 12.7. The quantitative estimate of drug-likeness (QED) is 0.0235.